The van der Waals surface area contributed by atoms with Crippen LogP contribution in [-0.4, -0.2) is 5.71 Å². The summed E-state index contributed by atoms with van der Waals surface area (Å²) in [4.78, 5) is 4.45. The second-order valence-corrected chi connectivity index (χ2v) is 3.44. The van der Waals surface area contributed by atoms with Gasteiger partial charge in [0.2, 0.25) is 0 Å². The fourth-order valence-electron chi connectivity index (χ4n) is 1.33. The van der Waals surface area contributed by atoms with Crippen LogP contribution in [0, 0.1) is 0 Å². The predicted molar refractivity (Wildman–Crippen MR) is 67.0 cm³/mol. The molecule has 1 heterocycles. The van der Waals surface area contributed by atoms with Crippen LogP contribution in [-0.2, 0) is 0 Å². The first kappa shape index (κ1) is 10.4. The van der Waals surface area contributed by atoms with Crippen molar-refractivity contribution in [2.24, 2.45) is 4.99 Å². The van der Waals surface area contributed by atoms with Gasteiger partial charge in [-0.3, -0.25) is 4.99 Å². The number of hydrogen-bond donors (Lipinski definition) is 0. The Bertz CT molecular complexity index is 481. The molecular weight excluding hydrogens is 198 g/mol. The Morgan fingerprint density at radius 1 is 1.12 bits per heavy atom. The fourth-order valence-corrected chi connectivity index (χ4v) is 1.33. The molecule has 0 aliphatic heterocycles. The topological polar surface area (TPSA) is 25.5 Å². The lowest BCUT2D eigenvalue weighted by Crippen LogP contribution is -1.82. The van der Waals surface area contributed by atoms with Gasteiger partial charge in [0, 0.05) is 5.71 Å². The van der Waals surface area contributed by atoms with Gasteiger partial charge in [-0.05, 0) is 43.3 Å². The normalized spacial score (nSPS) is 12.2. The molecule has 0 radical (unpaired) electrons. The zero-order chi connectivity index (χ0) is 11.2. The smallest absolute Gasteiger partial charge is 0.126 e. The van der Waals surface area contributed by atoms with E-state index in [0.29, 0.717) is 0 Å². The number of benzene rings is 1. The van der Waals surface area contributed by atoms with Gasteiger partial charge >= 0.3 is 0 Å². The van der Waals surface area contributed by atoms with E-state index in [4.69, 9.17) is 4.42 Å². The van der Waals surface area contributed by atoms with E-state index >= 15 is 0 Å². The van der Waals surface area contributed by atoms with Crippen molar-refractivity contribution < 1.29 is 4.42 Å². The van der Waals surface area contributed by atoms with E-state index < -0.39 is 0 Å². The lowest BCUT2D eigenvalue weighted by atomic mass is 10.3. The summed E-state index contributed by atoms with van der Waals surface area (Å²) in [5, 5.41) is 0. The van der Waals surface area contributed by atoms with Gasteiger partial charge in [0.05, 0.1) is 12.0 Å². The number of rotatable bonds is 3. The molecule has 0 spiro atoms. The highest BCUT2D eigenvalue weighted by Gasteiger charge is 1.90. The molecule has 0 bridgehead atoms. The van der Waals surface area contributed by atoms with Gasteiger partial charge < -0.3 is 4.42 Å². The summed E-state index contributed by atoms with van der Waals surface area (Å²) in [5.41, 5.74) is 1.91. The van der Waals surface area contributed by atoms with E-state index in [0.717, 1.165) is 17.2 Å². The summed E-state index contributed by atoms with van der Waals surface area (Å²) in [6.45, 7) is 1.96. The van der Waals surface area contributed by atoms with Crippen molar-refractivity contribution in [3.63, 3.8) is 0 Å². The highest BCUT2D eigenvalue weighted by atomic mass is 16.3. The van der Waals surface area contributed by atoms with Gasteiger partial charge in [0.1, 0.15) is 5.76 Å². The molecule has 80 valence electrons. The largest absolute Gasteiger partial charge is 0.465 e. The molecule has 1 aromatic carbocycles. The summed E-state index contributed by atoms with van der Waals surface area (Å²) < 4.78 is 5.19. The molecule has 0 unspecified atom stereocenters. The minimum absolute atomic E-state index is 0.836. The Kier molecular flexibility index (Phi) is 3.34. The zero-order valence-electron chi connectivity index (χ0n) is 9.13. The van der Waals surface area contributed by atoms with Crippen molar-refractivity contribution in [1.82, 2.24) is 0 Å². The summed E-state index contributed by atoms with van der Waals surface area (Å²) in [5.74, 6) is 0.836. The molecule has 2 rings (SSSR count). The van der Waals surface area contributed by atoms with E-state index in [1.807, 2.05) is 61.5 Å². The highest BCUT2D eigenvalue weighted by molar-refractivity contribution is 5.97. The maximum atomic E-state index is 5.19. The second-order valence-electron chi connectivity index (χ2n) is 3.44. The molecule has 2 heteroatoms. The van der Waals surface area contributed by atoms with Crippen LogP contribution in [0.15, 0.2) is 64.2 Å². The highest BCUT2D eigenvalue weighted by Crippen LogP contribution is 2.11. The molecule has 1 aromatic heterocycles. The third-order valence-electron chi connectivity index (χ3n) is 2.09. The number of furan rings is 1. The molecule has 0 aliphatic rings. The van der Waals surface area contributed by atoms with Gasteiger partial charge in [-0.2, -0.15) is 0 Å². The monoisotopic (exact) mass is 211 g/mol. The minimum atomic E-state index is 0.836. The second kappa shape index (κ2) is 5.12. The first-order valence-corrected chi connectivity index (χ1v) is 5.16. The van der Waals surface area contributed by atoms with Crippen LogP contribution in [0.5, 0.6) is 0 Å². The number of para-hydroxylation sites is 1. The van der Waals surface area contributed by atoms with Gasteiger partial charge in [-0.1, -0.05) is 18.2 Å². The maximum absolute atomic E-state index is 5.19. The lowest BCUT2D eigenvalue weighted by molar-refractivity contribution is 0.557. The summed E-state index contributed by atoms with van der Waals surface area (Å²) in [6, 6.07) is 13.7. The van der Waals surface area contributed by atoms with E-state index in [2.05, 4.69) is 4.99 Å². The van der Waals surface area contributed by atoms with Crippen molar-refractivity contribution in [2.75, 3.05) is 0 Å². The average molecular weight is 211 g/mol. The molecule has 0 atom stereocenters. The number of hydrogen-bond acceptors (Lipinski definition) is 2. The molecule has 16 heavy (non-hydrogen) atoms. The van der Waals surface area contributed by atoms with Crippen LogP contribution < -0.4 is 0 Å². The van der Waals surface area contributed by atoms with Crippen molar-refractivity contribution in [3.05, 3.63) is 60.6 Å². The Morgan fingerprint density at radius 3 is 2.62 bits per heavy atom. The molecule has 0 saturated heterocycles. The van der Waals surface area contributed by atoms with E-state index in [1.165, 1.54) is 0 Å². The van der Waals surface area contributed by atoms with Crippen LogP contribution in [0.25, 0.3) is 6.08 Å². The van der Waals surface area contributed by atoms with Crippen molar-refractivity contribution >= 4 is 17.5 Å². The first-order chi connectivity index (χ1) is 7.84. The SMILES string of the molecule is CC(/C=C/c1ccco1)=Nc1ccccc1. The number of aliphatic imine (C=N–C) groups is 1. The van der Waals surface area contributed by atoms with Gasteiger partial charge in [-0.25, -0.2) is 0 Å². The zero-order valence-corrected chi connectivity index (χ0v) is 9.13. The Hall–Kier alpha value is -2.09. The number of nitrogens with zero attached hydrogens (tertiary/aromatic N) is 1. The summed E-state index contributed by atoms with van der Waals surface area (Å²) in [7, 11) is 0. The van der Waals surface area contributed by atoms with E-state index in [1.54, 1.807) is 6.26 Å². The molecule has 0 aliphatic carbocycles. The fraction of sp³-hybridized carbons (Fsp3) is 0.0714. The number of allylic oxidation sites excluding steroid dienone is 1. The molecule has 0 amide bonds. The van der Waals surface area contributed by atoms with Crippen LogP contribution in [0.2, 0.25) is 0 Å². The Balaban J connectivity index is 2.09. The quantitative estimate of drug-likeness (QED) is 0.702. The first-order valence-electron chi connectivity index (χ1n) is 5.16. The molecule has 2 aromatic rings. The summed E-state index contributed by atoms with van der Waals surface area (Å²) >= 11 is 0. The van der Waals surface area contributed by atoms with Gasteiger partial charge in [-0.15, -0.1) is 0 Å². The maximum Gasteiger partial charge on any atom is 0.126 e. The molecular formula is C14H13NO. The molecule has 2 nitrogen and oxygen atoms in total. The molecule has 0 N–H and O–H groups in total. The van der Waals surface area contributed by atoms with Crippen molar-refractivity contribution in [3.8, 4) is 0 Å². The van der Waals surface area contributed by atoms with E-state index in [9.17, 15) is 0 Å². The van der Waals surface area contributed by atoms with Crippen LogP contribution in [0.4, 0.5) is 5.69 Å². The van der Waals surface area contributed by atoms with Crippen molar-refractivity contribution in [2.45, 2.75) is 6.92 Å². The van der Waals surface area contributed by atoms with Crippen LogP contribution in [0.3, 0.4) is 0 Å². The lowest BCUT2D eigenvalue weighted by Gasteiger charge is -1.93. The van der Waals surface area contributed by atoms with E-state index in [-0.39, 0.29) is 0 Å². The minimum Gasteiger partial charge on any atom is -0.465 e. The Labute approximate surface area is 94.9 Å². The third kappa shape index (κ3) is 2.95. The standard InChI is InChI=1S/C14H13NO/c1-12(9-10-14-8-5-11-16-14)15-13-6-3-2-4-7-13/h2-11H,1H3/b10-9+,15-12?. The Morgan fingerprint density at radius 2 is 1.94 bits per heavy atom. The molecule has 0 saturated carbocycles. The predicted octanol–water partition coefficient (Wildman–Crippen LogP) is 4.09. The van der Waals surface area contributed by atoms with Crippen LogP contribution >= 0.6 is 0 Å². The third-order valence-corrected chi connectivity index (χ3v) is 2.09. The van der Waals surface area contributed by atoms with Gasteiger partial charge in [0.15, 0.2) is 0 Å². The van der Waals surface area contributed by atoms with Gasteiger partial charge in [0.25, 0.3) is 0 Å². The van der Waals surface area contributed by atoms with Crippen molar-refractivity contribution in [1.29, 1.82) is 0 Å². The van der Waals surface area contributed by atoms with Crippen LogP contribution in [0.1, 0.15) is 12.7 Å². The summed E-state index contributed by atoms with van der Waals surface area (Å²) in [6.07, 6.45) is 5.50. The average Bonchev–Trinajstić information content (AvgIpc) is 2.81. The molecule has 0 fully saturated rings.